The van der Waals surface area contributed by atoms with Crippen LogP contribution in [0.1, 0.15) is 66.8 Å². The molecule has 0 saturated carbocycles. The number of aromatic hydroxyl groups is 1. The van der Waals surface area contributed by atoms with Crippen molar-refractivity contribution in [2.75, 3.05) is 0 Å². The highest BCUT2D eigenvalue weighted by Gasteiger charge is 2.30. The van der Waals surface area contributed by atoms with Crippen LogP contribution in [-0.4, -0.2) is 26.2 Å². The Morgan fingerprint density at radius 3 is 2.21 bits per heavy atom. The number of fused-ring (bicyclic) bond motifs is 2. The highest BCUT2D eigenvalue weighted by atomic mass is 16.7. The first-order valence-electron chi connectivity index (χ1n) is 11.5. The van der Waals surface area contributed by atoms with Crippen molar-refractivity contribution in [2.24, 2.45) is 0 Å². The third-order valence-corrected chi connectivity index (χ3v) is 5.45. The monoisotopic (exact) mass is 461 g/mol. The zero-order valence-corrected chi connectivity index (χ0v) is 21.2. The summed E-state index contributed by atoms with van der Waals surface area (Å²) in [6.45, 7) is 16.6. The molecular formula is C27H33N4O3+. The van der Waals surface area contributed by atoms with E-state index in [-0.39, 0.29) is 22.7 Å². The molecule has 0 spiro atoms. The van der Waals surface area contributed by atoms with E-state index in [4.69, 9.17) is 9.57 Å². The van der Waals surface area contributed by atoms with Gasteiger partial charge in [-0.15, -0.1) is 0 Å². The standard InChI is InChI=1S/C27H32N4O3/c1-16(2)33-17-9-10-18-20(11-17)30-15-31(25(18)27(6,7)8)34-23-12-19-21(13-22(23)32)28-14-29-24(19)26(3,4)5/h9-16H,1-8H3/p+1. The smallest absolute Gasteiger partial charge is 0.326 e. The minimum absolute atomic E-state index is 0.000744. The maximum Gasteiger partial charge on any atom is 0.326 e. The van der Waals surface area contributed by atoms with Crippen molar-refractivity contribution >= 4 is 21.8 Å². The van der Waals surface area contributed by atoms with Gasteiger partial charge in [-0.05, 0) is 35.7 Å². The number of aromatic nitrogens is 4. The highest BCUT2D eigenvalue weighted by molar-refractivity contribution is 5.85. The number of benzene rings is 2. The predicted octanol–water partition coefficient (Wildman–Crippen LogP) is 5.40. The largest absolute Gasteiger partial charge is 0.504 e. The molecule has 1 N–H and O–H groups in total. The number of phenolic OH excluding ortho intramolecular Hbond substituents is 1. The average Bonchev–Trinajstić information content (AvgIpc) is 2.71. The molecule has 0 aliphatic carbocycles. The van der Waals surface area contributed by atoms with Crippen molar-refractivity contribution in [2.45, 2.75) is 72.3 Å². The van der Waals surface area contributed by atoms with Gasteiger partial charge < -0.3 is 9.84 Å². The fraction of sp³-hybridized carbons (Fsp3) is 0.407. The maximum atomic E-state index is 10.8. The Balaban J connectivity index is 1.86. The second-order valence-corrected chi connectivity index (χ2v) is 10.9. The first-order valence-corrected chi connectivity index (χ1v) is 11.5. The molecule has 0 radical (unpaired) electrons. The molecule has 0 amide bonds. The lowest BCUT2D eigenvalue weighted by atomic mass is 9.89. The summed E-state index contributed by atoms with van der Waals surface area (Å²) in [4.78, 5) is 19.7. The molecule has 0 unspecified atom stereocenters. The van der Waals surface area contributed by atoms with E-state index < -0.39 is 0 Å². The van der Waals surface area contributed by atoms with Crippen molar-refractivity contribution in [1.29, 1.82) is 0 Å². The quantitative estimate of drug-likeness (QED) is 0.410. The van der Waals surface area contributed by atoms with Gasteiger partial charge in [-0.3, -0.25) is 4.84 Å². The topological polar surface area (TPSA) is 81.2 Å². The van der Waals surface area contributed by atoms with Crippen LogP contribution in [0.15, 0.2) is 43.0 Å². The van der Waals surface area contributed by atoms with Crippen LogP contribution in [-0.2, 0) is 10.8 Å². The molecule has 2 heterocycles. The molecule has 0 aliphatic rings. The number of phenols is 1. The molecule has 178 valence electrons. The summed E-state index contributed by atoms with van der Waals surface area (Å²) in [6, 6.07) is 9.31. The highest BCUT2D eigenvalue weighted by Crippen LogP contribution is 2.35. The summed E-state index contributed by atoms with van der Waals surface area (Å²) in [5.74, 6) is 1.08. The lowest BCUT2D eigenvalue weighted by Crippen LogP contribution is -2.48. The van der Waals surface area contributed by atoms with Crippen LogP contribution >= 0.6 is 0 Å². The normalized spacial score (nSPS) is 12.5. The van der Waals surface area contributed by atoms with E-state index in [1.807, 2.05) is 32.0 Å². The van der Waals surface area contributed by atoms with Crippen molar-refractivity contribution in [3.63, 3.8) is 0 Å². The first-order chi connectivity index (χ1) is 15.8. The molecule has 7 heteroatoms. The fourth-order valence-corrected chi connectivity index (χ4v) is 4.11. The summed E-state index contributed by atoms with van der Waals surface area (Å²) < 4.78 is 7.48. The van der Waals surface area contributed by atoms with E-state index >= 15 is 0 Å². The number of rotatable bonds is 4. The summed E-state index contributed by atoms with van der Waals surface area (Å²) >= 11 is 0. The number of hydrogen-bond donors (Lipinski definition) is 1. The lowest BCUT2D eigenvalue weighted by molar-refractivity contribution is -0.883. The molecule has 7 nitrogen and oxygen atoms in total. The predicted molar refractivity (Wildman–Crippen MR) is 132 cm³/mol. The van der Waals surface area contributed by atoms with Crippen LogP contribution in [0.4, 0.5) is 0 Å². The Kier molecular flexibility index (Phi) is 5.84. The Morgan fingerprint density at radius 1 is 0.853 bits per heavy atom. The van der Waals surface area contributed by atoms with Gasteiger partial charge in [0.05, 0.1) is 22.7 Å². The van der Waals surface area contributed by atoms with Gasteiger partial charge >= 0.3 is 6.33 Å². The van der Waals surface area contributed by atoms with Crippen LogP contribution in [0.5, 0.6) is 17.2 Å². The second-order valence-electron chi connectivity index (χ2n) is 10.9. The zero-order valence-electron chi connectivity index (χ0n) is 21.2. The van der Waals surface area contributed by atoms with E-state index in [1.165, 1.54) is 6.33 Å². The second kappa shape index (κ2) is 8.38. The Hall–Kier alpha value is -3.48. The number of nitrogens with zero attached hydrogens (tertiary/aromatic N) is 4. The molecule has 0 atom stereocenters. The third kappa shape index (κ3) is 4.60. The van der Waals surface area contributed by atoms with Gasteiger partial charge in [-0.1, -0.05) is 41.5 Å². The zero-order chi connectivity index (χ0) is 24.8. The summed E-state index contributed by atoms with van der Waals surface area (Å²) in [7, 11) is 0. The van der Waals surface area contributed by atoms with Crippen LogP contribution in [0.25, 0.3) is 21.8 Å². The van der Waals surface area contributed by atoms with Crippen molar-refractivity contribution in [3.05, 3.63) is 54.4 Å². The molecule has 0 saturated heterocycles. The van der Waals surface area contributed by atoms with Gasteiger partial charge in [0.1, 0.15) is 12.1 Å². The van der Waals surface area contributed by atoms with E-state index in [2.05, 4.69) is 56.5 Å². The Bertz CT molecular complexity index is 1370. The summed E-state index contributed by atoms with van der Waals surface area (Å²) in [6.07, 6.45) is 3.24. The van der Waals surface area contributed by atoms with Crippen LogP contribution in [0.2, 0.25) is 0 Å². The van der Waals surface area contributed by atoms with Crippen LogP contribution < -0.4 is 14.3 Å². The molecule has 2 aromatic carbocycles. The third-order valence-electron chi connectivity index (χ3n) is 5.45. The van der Waals surface area contributed by atoms with Crippen molar-refractivity contribution in [1.82, 2.24) is 15.0 Å². The van der Waals surface area contributed by atoms with Crippen LogP contribution in [0.3, 0.4) is 0 Å². The maximum absolute atomic E-state index is 10.8. The molecule has 2 aromatic heterocycles. The van der Waals surface area contributed by atoms with E-state index in [9.17, 15) is 5.11 Å². The van der Waals surface area contributed by atoms with Crippen LogP contribution in [0, 0.1) is 0 Å². The van der Waals surface area contributed by atoms with Gasteiger partial charge in [-0.25, -0.2) is 9.97 Å². The molecule has 0 fully saturated rings. The Morgan fingerprint density at radius 2 is 1.56 bits per heavy atom. The van der Waals surface area contributed by atoms with Crippen molar-refractivity contribution in [3.8, 4) is 17.2 Å². The molecule has 0 aliphatic heterocycles. The molecule has 4 aromatic rings. The van der Waals surface area contributed by atoms with E-state index in [1.54, 1.807) is 23.2 Å². The molecular weight excluding hydrogens is 428 g/mol. The van der Waals surface area contributed by atoms with Gasteiger partial charge in [0.2, 0.25) is 5.75 Å². The summed E-state index contributed by atoms with van der Waals surface area (Å²) in [5, 5.41) is 12.5. The molecule has 4 rings (SSSR count). The minimum Gasteiger partial charge on any atom is -0.504 e. The van der Waals surface area contributed by atoms with Gasteiger partial charge in [0, 0.05) is 34.4 Å². The summed E-state index contributed by atoms with van der Waals surface area (Å²) in [5.41, 5.74) is 2.83. The minimum atomic E-state index is -0.270. The SMILES string of the molecule is CC(C)Oc1ccc2c(C(C)(C)C)[n+](Oc3cc4c(C(C)(C)C)ncnc4cc3O)cnc2c1. The van der Waals surface area contributed by atoms with E-state index in [0.29, 0.717) is 11.3 Å². The molecule has 0 bridgehead atoms. The molecule has 34 heavy (non-hydrogen) atoms. The Labute approximate surface area is 200 Å². The fourth-order valence-electron chi connectivity index (χ4n) is 4.11. The number of ether oxygens (including phenoxy) is 1. The van der Waals surface area contributed by atoms with E-state index in [0.717, 1.165) is 33.4 Å². The number of hydrogen-bond acceptors (Lipinski definition) is 6. The van der Waals surface area contributed by atoms with Gasteiger partial charge in [-0.2, -0.15) is 0 Å². The average molecular weight is 462 g/mol. The van der Waals surface area contributed by atoms with Gasteiger partial charge in [0.25, 0.3) is 0 Å². The first kappa shape index (κ1) is 23.7. The lowest BCUT2D eigenvalue weighted by Gasteiger charge is -2.21. The van der Waals surface area contributed by atoms with Gasteiger partial charge in [0.15, 0.2) is 17.0 Å². The van der Waals surface area contributed by atoms with Crippen molar-refractivity contribution < 1.29 is 19.4 Å².